The molecule has 6 heteroatoms. The van der Waals surface area contributed by atoms with Crippen LogP contribution in [0.3, 0.4) is 0 Å². The molecule has 2 heterocycles. The van der Waals surface area contributed by atoms with E-state index in [0.717, 1.165) is 0 Å². The van der Waals surface area contributed by atoms with Crippen molar-refractivity contribution in [1.82, 2.24) is 14.5 Å². The molecule has 0 atom stereocenters. The van der Waals surface area contributed by atoms with E-state index in [1.807, 2.05) is 0 Å². The monoisotopic (exact) mass is 258 g/mol. The van der Waals surface area contributed by atoms with Crippen molar-refractivity contribution in [2.45, 2.75) is 0 Å². The molecule has 0 aromatic carbocycles. The Labute approximate surface area is 110 Å². The summed E-state index contributed by atoms with van der Waals surface area (Å²) in [7, 11) is 3.33. The molecule has 0 unspecified atom stereocenters. The first-order valence-corrected chi connectivity index (χ1v) is 5.66. The van der Waals surface area contributed by atoms with Crippen LogP contribution in [0.15, 0.2) is 41.5 Å². The lowest BCUT2D eigenvalue weighted by Crippen LogP contribution is -2.23. The minimum atomic E-state index is -0.332. The highest BCUT2D eigenvalue weighted by atomic mass is 16.2. The largest absolute Gasteiger partial charge is 0.394 e. The Morgan fingerprint density at radius 3 is 2.63 bits per heavy atom. The molecular weight excluding hydrogens is 244 g/mol. The molecule has 0 saturated heterocycles. The second-order valence-corrected chi connectivity index (χ2v) is 4.24. The quantitative estimate of drug-likeness (QED) is 0.851. The Balaban J connectivity index is 2.41. The number of amides is 1. The van der Waals surface area contributed by atoms with Gasteiger partial charge in [0.1, 0.15) is 5.82 Å². The van der Waals surface area contributed by atoms with Crippen LogP contribution in [0.25, 0.3) is 5.82 Å². The van der Waals surface area contributed by atoms with E-state index in [2.05, 4.69) is 4.98 Å². The second-order valence-electron chi connectivity index (χ2n) is 4.24. The first-order chi connectivity index (χ1) is 9.00. The first kappa shape index (κ1) is 12.8. The molecule has 0 spiro atoms. The number of carbonyl (C=O) groups excluding carboxylic acids is 1. The van der Waals surface area contributed by atoms with Gasteiger partial charge in [-0.2, -0.15) is 0 Å². The summed E-state index contributed by atoms with van der Waals surface area (Å²) in [6.45, 7) is 0. The normalized spacial score (nSPS) is 10.2. The van der Waals surface area contributed by atoms with Crippen LogP contribution in [-0.4, -0.2) is 34.5 Å². The molecule has 19 heavy (non-hydrogen) atoms. The van der Waals surface area contributed by atoms with Gasteiger partial charge in [-0.3, -0.25) is 14.2 Å². The van der Waals surface area contributed by atoms with E-state index < -0.39 is 0 Å². The zero-order valence-electron chi connectivity index (χ0n) is 10.7. The molecule has 0 fully saturated rings. The molecule has 2 aromatic heterocycles. The molecule has 0 aliphatic heterocycles. The molecule has 2 rings (SSSR count). The maximum atomic E-state index is 11.8. The molecule has 98 valence electrons. The molecule has 2 aromatic rings. The van der Waals surface area contributed by atoms with E-state index >= 15 is 0 Å². The Morgan fingerprint density at radius 1 is 1.32 bits per heavy atom. The SMILES string of the molecule is CN(C)C(=O)c1ccc(-n2cccc(N)c2=O)nc1. The fourth-order valence-corrected chi connectivity index (χ4v) is 1.60. The van der Waals surface area contributed by atoms with Crippen LogP contribution in [-0.2, 0) is 0 Å². The predicted molar refractivity (Wildman–Crippen MR) is 72.3 cm³/mol. The molecule has 0 aliphatic carbocycles. The van der Waals surface area contributed by atoms with Crippen LogP contribution < -0.4 is 11.3 Å². The number of pyridine rings is 2. The van der Waals surface area contributed by atoms with E-state index in [9.17, 15) is 9.59 Å². The summed E-state index contributed by atoms with van der Waals surface area (Å²) in [6.07, 6.45) is 3.02. The summed E-state index contributed by atoms with van der Waals surface area (Å²) in [6, 6.07) is 6.43. The highest BCUT2D eigenvalue weighted by Crippen LogP contribution is 2.06. The molecule has 1 amide bonds. The number of hydrogen-bond donors (Lipinski definition) is 1. The number of nitrogen functional groups attached to an aromatic ring is 1. The predicted octanol–water partition coefficient (Wildman–Crippen LogP) is 0.516. The summed E-state index contributed by atoms with van der Waals surface area (Å²) in [5.41, 5.74) is 5.84. The van der Waals surface area contributed by atoms with Gasteiger partial charge >= 0.3 is 0 Å². The van der Waals surface area contributed by atoms with Crippen molar-refractivity contribution in [3.05, 3.63) is 52.6 Å². The van der Waals surface area contributed by atoms with E-state index in [-0.39, 0.29) is 17.2 Å². The van der Waals surface area contributed by atoms with Crippen molar-refractivity contribution < 1.29 is 4.79 Å². The van der Waals surface area contributed by atoms with Gasteiger partial charge in [0, 0.05) is 26.5 Å². The lowest BCUT2D eigenvalue weighted by Gasteiger charge is -2.10. The van der Waals surface area contributed by atoms with Crippen molar-refractivity contribution >= 4 is 11.6 Å². The van der Waals surface area contributed by atoms with Crippen LogP contribution in [0.4, 0.5) is 5.69 Å². The highest BCUT2D eigenvalue weighted by molar-refractivity contribution is 5.93. The maximum absolute atomic E-state index is 11.8. The number of nitrogens with two attached hydrogens (primary N) is 1. The summed E-state index contributed by atoms with van der Waals surface area (Å²) >= 11 is 0. The zero-order valence-corrected chi connectivity index (χ0v) is 10.7. The van der Waals surface area contributed by atoms with Crippen LogP contribution >= 0.6 is 0 Å². The van der Waals surface area contributed by atoms with Gasteiger partial charge < -0.3 is 10.6 Å². The number of rotatable bonds is 2. The van der Waals surface area contributed by atoms with Crippen LogP contribution in [0.2, 0.25) is 0 Å². The third kappa shape index (κ3) is 2.47. The minimum absolute atomic E-state index is 0.140. The first-order valence-electron chi connectivity index (χ1n) is 5.66. The van der Waals surface area contributed by atoms with Crippen LogP contribution in [0.5, 0.6) is 0 Å². The van der Waals surface area contributed by atoms with E-state index in [1.165, 1.54) is 21.7 Å². The van der Waals surface area contributed by atoms with E-state index in [1.54, 1.807) is 38.5 Å². The minimum Gasteiger partial charge on any atom is -0.394 e. The number of hydrogen-bond acceptors (Lipinski definition) is 4. The number of carbonyl (C=O) groups is 1. The summed E-state index contributed by atoms with van der Waals surface area (Å²) in [5.74, 6) is 0.284. The van der Waals surface area contributed by atoms with Gasteiger partial charge in [-0.1, -0.05) is 0 Å². The van der Waals surface area contributed by atoms with Crippen LogP contribution in [0.1, 0.15) is 10.4 Å². The van der Waals surface area contributed by atoms with Crippen molar-refractivity contribution in [3.63, 3.8) is 0 Å². The average Bonchev–Trinajstić information content (AvgIpc) is 2.41. The fraction of sp³-hybridized carbons (Fsp3) is 0.154. The summed E-state index contributed by atoms with van der Waals surface area (Å²) in [5, 5.41) is 0. The van der Waals surface area contributed by atoms with Crippen molar-refractivity contribution in [1.29, 1.82) is 0 Å². The van der Waals surface area contributed by atoms with Crippen LogP contribution in [0, 0.1) is 0 Å². The fourth-order valence-electron chi connectivity index (χ4n) is 1.60. The molecule has 0 bridgehead atoms. The van der Waals surface area contributed by atoms with Gasteiger partial charge in [0.15, 0.2) is 0 Å². The highest BCUT2D eigenvalue weighted by Gasteiger charge is 2.09. The van der Waals surface area contributed by atoms with Crippen molar-refractivity contribution in [2.75, 3.05) is 19.8 Å². The number of aromatic nitrogens is 2. The maximum Gasteiger partial charge on any atom is 0.279 e. The molecule has 2 N–H and O–H groups in total. The van der Waals surface area contributed by atoms with Gasteiger partial charge in [0.05, 0.1) is 11.3 Å². The van der Waals surface area contributed by atoms with Gasteiger partial charge in [0.2, 0.25) is 0 Å². The zero-order chi connectivity index (χ0) is 14.0. The molecule has 6 nitrogen and oxygen atoms in total. The Kier molecular flexibility index (Phi) is 3.33. The van der Waals surface area contributed by atoms with Gasteiger partial charge in [-0.15, -0.1) is 0 Å². The molecule has 0 aliphatic rings. The number of anilines is 1. The average molecular weight is 258 g/mol. The number of nitrogens with zero attached hydrogens (tertiary/aromatic N) is 3. The lowest BCUT2D eigenvalue weighted by atomic mass is 10.2. The van der Waals surface area contributed by atoms with Gasteiger partial charge in [-0.25, -0.2) is 4.98 Å². The molecule has 0 saturated carbocycles. The lowest BCUT2D eigenvalue weighted by molar-refractivity contribution is 0.0827. The standard InChI is InChI=1S/C13H14N4O2/c1-16(2)12(18)9-5-6-11(15-8-9)17-7-3-4-10(14)13(17)19/h3-8H,14H2,1-2H3. The van der Waals surface area contributed by atoms with E-state index in [4.69, 9.17) is 5.73 Å². The van der Waals surface area contributed by atoms with E-state index in [0.29, 0.717) is 11.4 Å². The summed E-state index contributed by atoms with van der Waals surface area (Å²) < 4.78 is 1.33. The second kappa shape index (κ2) is 4.93. The van der Waals surface area contributed by atoms with Gasteiger partial charge in [0.25, 0.3) is 11.5 Å². The third-order valence-corrected chi connectivity index (χ3v) is 2.62. The van der Waals surface area contributed by atoms with Crippen molar-refractivity contribution in [2.24, 2.45) is 0 Å². The Morgan fingerprint density at radius 2 is 2.05 bits per heavy atom. The Hall–Kier alpha value is -2.63. The van der Waals surface area contributed by atoms with Gasteiger partial charge in [-0.05, 0) is 24.3 Å². The smallest absolute Gasteiger partial charge is 0.279 e. The Bertz CT molecular complexity index is 659. The summed E-state index contributed by atoms with van der Waals surface area (Å²) in [4.78, 5) is 29.1. The molecule has 0 radical (unpaired) electrons. The topological polar surface area (TPSA) is 81.2 Å². The van der Waals surface area contributed by atoms with Crippen molar-refractivity contribution in [3.8, 4) is 5.82 Å². The molecular formula is C13H14N4O2. The third-order valence-electron chi connectivity index (χ3n) is 2.62.